The second-order valence-corrected chi connectivity index (χ2v) is 6.41. The number of aryl methyl sites for hydroxylation is 1. The summed E-state index contributed by atoms with van der Waals surface area (Å²) in [5.41, 5.74) is 9.43. The standard InChI is InChI=1S/C15H20N2S/c1-10-7-11(9-16)8-13-14(10)17-15(18-13)12-5-3-2-4-6-12/h7-8,12H,2-6,9,16H2,1H3. The fourth-order valence-electron chi connectivity index (χ4n) is 2.93. The predicted molar refractivity (Wildman–Crippen MR) is 78.1 cm³/mol. The van der Waals surface area contributed by atoms with Crippen molar-refractivity contribution in [2.75, 3.05) is 0 Å². The van der Waals surface area contributed by atoms with Gasteiger partial charge < -0.3 is 5.73 Å². The monoisotopic (exact) mass is 260 g/mol. The van der Waals surface area contributed by atoms with E-state index in [1.54, 1.807) is 0 Å². The Morgan fingerprint density at radius 2 is 2.06 bits per heavy atom. The van der Waals surface area contributed by atoms with Gasteiger partial charge in [-0.25, -0.2) is 4.98 Å². The lowest BCUT2D eigenvalue weighted by Crippen LogP contribution is -2.03. The van der Waals surface area contributed by atoms with Gasteiger partial charge in [-0.1, -0.05) is 25.3 Å². The Kier molecular flexibility index (Phi) is 3.35. The third-order valence-electron chi connectivity index (χ3n) is 3.95. The Labute approximate surface area is 112 Å². The third-order valence-corrected chi connectivity index (χ3v) is 5.12. The van der Waals surface area contributed by atoms with Crippen LogP contribution >= 0.6 is 11.3 Å². The van der Waals surface area contributed by atoms with E-state index in [1.807, 2.05) is 11.3 Å². The third kappa shape index (κ3) is 2.17. The van der Waals surface area contributed by atoms with Crippen LogP contribution in [0.25, 0.3) is 10.2 Å². The van der Waals surface area contributed by atoms with Gasteiger partial charge in [0, 0.05) is 12.5 Å². The molecule has 0 radical (unpaired) electrons. The summed E-state index contributed by atoms with van der Waals surface area (Å²) in [7, 11) is 0. The summed E-state index contributed by atoms with van der Waals surface area (Å²) in [5, 5.41) is 1.35. The molecule has 1 fully saturated rings. The SMILES string of the molecule is Cc1cc(CN)cc2sc(C3CCCCC3)nc12. The van der Waals surface area contributed by atoms with E-state index in [9.17, 15) is 0 Å². The summed E-state index contributed by atoms with van der Waals surface area (Å²) < 4.78 is 1.32. The Bertz CT molecular complexity index is 553. The molecular formula is C15H20N2S. The maximum atomic E-state index is 5.74. The molecule has 2 nitrogen and oxygen atoms in total. The van der Waals surface area contributed by atoms with Crippen molar-refractivity contribution in [3.8, 4) is 0 Å². The summed E-state index contributed by atoms with van der Waals surface area (Å²) in [5.74, 6) is 0.705. The van der Waals surface area contributed by atoms with E-state index in [4.69, 9.17) is 10.7 Å². The van der Waals surface area contributed by atoms with Crippen LogP contribution in [0.4, 0.5) is 0 Å². The predicted octanol–water partition coefficient (Wildman–Crippen LogP) is 4.11. The van der Waals surface area contributed by atoms with Gasteiger partial charge in [0.25, 0.3) is 0 Å². The Hall–Kier alpha value is -0.930. The second-order valence-electron chi connectivity index (χ2n) is 5.35. The normalized spacial score (nSPS) is 17.4. The van der Waals surface area contributed by atoms with Gasteiger partial charge in [0.1, 0.15) is 0 Å². The highest BCUT2D eigenvalue weighted by Crippen LogP contribution is 2.37. The number of nitrogens with zero attached hydrogens (tertiary/aromatic N) is 1. The van der Waals surface area contributed by atoms with Crippen molar-refractivity contribution in [3.63, 3.8) is 0 Å². The van der Waals surface area contributed by atoms with Gasteiger partial charge in [0.2, 0.25) is 0 Å². The minimum absolute atomic E-state index is 0.618. The zero-order valence-corrected chi connectivity index (χ0v) is 11.7. The van der Waals surface area contributed by atoms with Crippen molar-refractivity contribution in [1.29, 1.82) is 0 Å². The van der Waals surface area contributed by atoms with Crippen LogP contribution in [-0.4, -0.2) is 4.98 Å². The van der Waals surface area contributed by atoms with E-state index in [2.05, 4.69) is 19.1 Å². The zero-order chi connectivity index (χ0) is 12.5. The largest absolute Gasteiger partial charge is 0.326 e. The Morgan fingerprint density at radius 3 is 2.78 bits per heavy atom. The molecule has 0 amide bonds. The van der Waals surface area contributed by atoms with Crippen LogP contribution < -0.4 is 5.73 Å². The number of hydrogen-bond acceptors (Lipinski definition) is 3. The van der Waals surface area contributed by atoms with Gasteiger partial charge in [-0.15, -0.1) is 11.3 Å². The highest BCUT2D eigenvalue weighted by Gasteiger charge is 2.19. The molecule has 3 rings (SSSR count). The summed E-state index contributed by atoms with van der Waals surface area (Å²) >= 11 is 1.88. The molecule has 0 saturated heterocycles. The van der Waals surface area contributed by atoms with E-state index in [1.165, 1.54) is 58.5 Å². The number of rotatable bonds is 2. The van der Waals surface area contributed by atoms with Crippen molar-refractivity contribution < 1.29 is 0 Å². The molecule has 18 heavy (non-hydrogen) atoms. The molecule has 2 aromatic rings. The van der Waals surface area contributed by atoms with Gasteiger partial charge in [0.05, 0.1) is 15.2 Å². The smallest absolute Gasteiger partial charge is 0.0969 e. The van der Waals surface area contributed by atoms with Crippen LogP contribution in [-0.2, 0) is 6.54 Å². The lowest BCUT2D eigenvalue weighted by Gasteiger charge is -2.18. The Balaban J connectivity index is 2.01. The maximum Gasteiger partial charge on any atom is 0.0969 e. The molecule has 1 aromatic carbocycles. The van der Waals surface area contributed by atoms with E-state index in [0.717, 1.165) is 0 Å². The van der Waals surface area contributed by atoms with Crippen LogP contribution in [0.3, 0.4) is 0 Å². The molecule has 0 atom stereocenters. The van der Waals surface area contributed by atoms with Gasteiger partial charge in [0.15, 0.2) is 0 Å². The average molecular weight is 260 g/mol. The Morgan fingerprint density at radius 1 is 1.28 bits per heavy atom. The summed E-state index contributed by atoms with van der Waals surface area (Å²) in [6, 6.07) is 4.39. The maximum absolute atomic E-state index is 5.74. The molecule has 1 saturated carbocycles. The molecule has 3 heteroatoms. The van der Waals surface area contributed by atoms with Crippen LogP contribution in [0.2, 0.25) is 0 Å². The van der Waals surface area contributed by atoms with E-state index >= 15 is 0 Å². The van der Waals surface area contributed by atoms with Crippen molar-refractivity contribution in [2.24, 2.45) is 5.73 Å². The second kappa shape index (κ2) is 4.98. The fraction of sp³-hybridized carbons (Fsp3) is 0.533. The molecule has 1 aliphatic carbocycles. The summed E-state index contributed by atoms with van der Waals surface area (Å²) in [4.78, 5) is 4.89. The zero-order valence-electron chi connectivity index (χ0n) is 10.9. The molecular weight excluding hydrogens is 240 g/mol. The average Bonchev–Trinajstić information content (AvgIpc) is 2.84. The fourth-order valence-corrected chi connectivity index (χ4v) is 4.21. The molecule has 0 bridgehead atoms. The quantitative estimate of drug-likeness (QED) is 0.882. The van der Waals surface area contributed by atoms with E-state index in [-0.39, 0.29) is 0 Å². The lowest BCUT2D eigenvalue weighted by molar-refractivity contribution is 0.443. The summed E-state index contributed by atoms with van der Waals surface area (Å²) in [6.45, 7) is 2.76. The van der Waals surface area contributed by atoms with Crippen LogP contribution in [0, 0.1) is 6.92 Å². The minimum atomic E-state index is 0.618. The molecule has 1 aliphatic rings. The first kappa shape index (κ1) is 12.1. The van der Waals surface area contributed by atoms with Gasteiger partial charge in [-0.3, -0.25) is 0 Å². The van der Waals surface area contributed by atoms with Crippen LogP contribution in [0.15, 0.2) is 12.1 Å². The number of fused-ring (bicyclic) bond motifs is 1. The van der Waals surface area contributed by atoms with Gasteiger partial charge >= 0.3 is 0 Å². The van der Waals surface area contributed by atoms with Crippen molar-refractivity contribution in [3.05, 3.63) is 28.3 Å². The van der Waals surface area contributed by atoms with Crippen LogP contribution in [0.1, 0.15) is 54.2 Å². The van der Waals surface area contributed by atoms with E-state index < -0.39 is 0 Å². The van der Waals surface area contributed by atoms with Crippen LogP contribution in [0.5, 0.6) is 0 Å². The first-order chi connectivity index (χ1) is 8.78. The highest BCUT2D eigenvalue weighted by molar-refractivity contribution is 7.18. The molecule has 96 valence electrons. The van der Waals surface area contributed by atoms with E-state index in [0.29, 0.717) is 12.5 Å². The lowest BCUT2D eigenvalue weighted by atomic mass is 9.90. The molecule has 0 unspecified atom stereocenters. The van der Waals surface area contributed by atoms with Crippen molar-refractivity contribution in [1.82, 2.24) is 4.98 Å². The number of benzene rings is 1. The minimum Gasteiger partial charge on any atom is -0.326 e. The van der Waals surface area contributed by atoms with Crippen molar-refractivity contribution in [2.45, 2.75) is 51.5 Å². The number of thiazole rings is 1. The van der Waals surface area contributed by atoms with Crippen molar-refractivity contribution >= 4 is 21.6 Å². The molecule has 1 aromatic heterocycles. The topological polar surface area (TPSA) is 38.9 Å². The van der Waals surface area contributed by atoms with Gasteiger partial charge in [-0.2, -0.15) is 0 Å². The highest BCUT2D eigenvalue weighted by atomic mass is 32.1. The first-order valence-electron chi connectivity index (χ1n) is 6.88. The summed E-state index contributed by atoms with van der Waals surface area (Å²) in [6.07, 6.45) is 6.78. The number of hydrogen-bond donors (Lipinski definition) is 1. The molecule has 0 spiro atoms. The molecule has 1 heterocycles. The van der Waals surface area contributed by atoms with Gasteiger partial charge in [-0.05, 0) is 37.0 Å². The molecule has 0 aliphatic heterocycles. The molecule has 2 N–H and O–H groups in total. The first-order valence-corrected chi connectivity index (χ1v) is 7.69. The number of aromatic nitrogens is 1. The number of nitrogens with two attached hydrogens (primary N) is 1.